The number of aromatic nitrogens is 3. The lowest BCUT2D eigenvalue weighted by Crippen LogP contribution is -2.16. The number of hydrogen-bond donors (Lipinski definition) is 2. The summed E-state index contributed by atoms with van der Waals surface area (Å²) in [5.74, 6) is 2.08. The Morgan fingerprint density at radius 2 is 2.06 bits per heavy atom. The van der Waals surface area contributed by atoms with E-state index in [-0.39, 0.29) is 10.7 Å². The Hall–Kier alpha value is -2.15. The van der Waals surface area contributed by atoms with Gasteiger partial charge < -0.3 is 20.2 Å². The molecule has 18 heavy (non-hydrogen) atoms. The quantitative estimate of drug-likeness (QED) is 0.758. The van der Waals surface area contributed by atoms with E-state index in [9.17, 15) is 0 Å². The maximum Gasteiger partial charge on any atom is 0.224 e. The second-order valence-corrected chi connectivity index (χ2v) is 4.06. The smallest absolute Gasteiger partial charge is 0.224 e. The van der Waals surface area contributed by atoms with Crippen LogP contribution in [-0.4, -0.2) is 28.2 Å². The molecule has 1 aliphatic rings. The fourth-order valence-electron chi connectivity index (χ4n) is 1.79. The molecule has 1 aliphatic heterocycles. The molecule has 3 N–H and O–H groups in total. The third kappa shape index (κ3) is 1.88. The van der Waals surface area contributed by atoms with Crippen molar-refractivity contribution >= 4 is 18.2 Å². The largest absolute Gasteiger partial charge is 0.486 e. The summed E-state index contributed by atoms with van der Waals surface area (Å²) in [6.45, 7) is 1.05. The standard InChI is InChI=1S/C11H10N4O2S/c12-10-13-9(14-11(18)15-10)6-2-1-3-7-8(6)17-5-4-16-7/h1-3H,4-5H2,(H3,12,13,14,15,18). The molecule has 0 radical (unpaired) electrons. The number of fused-ring (bicyclic) bond motifs is 1. The molecular weight excluding hydrogens is 252 g/mol. The van der Waals surface area contributed by atoms with E-state index in [2.05, 4.69) is 15.0 Å². The zero-order chi connectivity index (χ0) is 12.5. The van der Waals surface area contributed by atoms with Gasteiger partial charge in [0.15, 0.2) is 11.5 Å². The van der Waals surface area contributed by atoms with Crippen LogP contribution in [0.2, 0.25) is 0 Å². The molecule has 1 aromatic carbocycles. The molecule has 0 amide bonds. The molecule has 92 valence electrons. The van der Waals surface area contributed by atoms with Crippen LogP contribution in [-0.2, 0) is 0 Å². The minimum Gasteiger partial charge on any atom is -0.486 e. The number of hydrogen-bond acceptors (Lipinski definition) is 6. The third-order valence-corrected chi connectivity index (χ3v) is 2.67. The van der Waals surface area contributed by atoms with Crippen molar-refractivity contribution in [3.05, 3.63) is 23.0 Å². The molecule has 2 heterocycles. The van der Waals surface area contributed by atoms with Crippen molar-refractivity contribution in [1.82, 2.24) is 15.0 Å². The van der Waals surface area contributed by atoms with Crippen molar-refractivity contribution in [2.24, 2.45) is 0 Å². The van der Waals surface area contributed by atoms with Gasteiger partial charge in [-0.05, 0) is 24.4 Å². The van der Waals surface area contributed by atoms with Crippen LogP contribution in [0.25, 0.3) is 11.4 Å². The Morgan fingerprint density at radius 1 is 1.22 bits per heavy atom. The van der Waals surface area contributed by atoms with Gasteiger partial charge in [0.05, 0.1) is 5.56 Å². The fourth-order valence-corrected chi connectivity index (χ4v) is 1.98. The van der Waals surface area contributed by atoms with E-state index in [1.165, 1.54) is 0 Å². The van der Waals surface area contributed by atoms with Gasteiger partial charge >= 0.3 is 0 Å². The molecule has 0 saturated heterocycles. The van der Waals surface area contributed by atoms with Crippen LogP contribution in [0.4, 0.5) is 5.95 Å². The number of H-pyrrole nitrogens is 1. The van der Waals surface area contributed by atoms with Gasteiger partial charge in [-0.15, -0.1) is 0 Å². The zero-order valence-corrected chi connectivity index (χ0v) is 10.2. The van der Waals surface area contributed by atoms with Gasteiger partial charge in [0.25, 0.3) is 0 Å². The van der Waals surface area contributed by atoms with Crippen LogP contribution in [0.3, 0.4) is 0 Å². The second-order valence-electron chi connectivity index (χ2n) is 3.69. The Labute approximate surface area is 108 Å². The van der Waals surface area contributed by atoms with Crippen molar-refractivity contribution < 1.29 is 9.47 Å². The van der Waals surface area contributed by atoms with Crippen molar-refractivity contribution in [2.75, 3.05) is 18.9 Å². The summed E-state index contributed by atoms with van der Waals surface area (Å²) in [7, 11) is 0. The summed E-state index contributed by atoms with van der Waals surface area (Å²) in [6, 6.07) is 5.57. The lowest BCUT2D eigenvalue weighted by atomic mass is 10.1. The number of nitrogens with one attached hydrogen (secondary N) is 1. The van der Waals surface area contributed by atoms with Crippen LogP contribution in [0, 0.1) is 4.77 Å². The van der Waals surface area contributed by atoms with Crippen LogP contribution in [0.1, 0.15) is 0 Å². The van der Waals surface area contributed by atoms with Crippen LogP contribution in [0.5, 0.6) is 11.5 Å². The first kappa shape index (κ1) is 11.0. The van der Waals surface area contributed by atoms with E-state index in [1.807, 2.05) is 18.2 Å². The number of nitrogen functional groups attached to an aromatic ring is 1. The number of nitrogens with two attached hydrogens (primary N) is 1. The van der Waals surface area contributed by atoms with Gasteiger partial charge in [-0.2, -0.15) is 4.98 Å². The lowest BCUT2D eigenvalue weighted by molar-refractivity contribution is 0.172. The Balaban J connectivity index is 2.19. The van der Waals surface area contributed by atoms with Crippen molar-refractivity contribution in [3.8, 4) is 22.9 Å². The van der Waals surface area contributed by atoms with E-state index in [4.69, 9.17) is 27.4 Å². The predicted octanol–water partition coefficient (Wildman–Crippen LogP) is 1.55. The fraction of sp³-hybridized carbons (Fsp3) is 0.182. The van der Waals surface area contributed by atoms with Gasteiger partial charge in [-0.1, -0.05) is 6.07 Å². The van der Waals surface area contributed by atoms with Crippen molar-refractivity contribution in [3.63, 3.8) is 0 Å². The van der Waals surface area contributed by atoms with E-state index in [1.54, 1.807) is 0 Å². The first-order valence-corrected chi connectivity index (χ1v) is 5.78. The lowest BCUT2D eigenvalue weighted by Gasteiger charge is -2.20. The van der Waals surface area contributed by atoms with Crippen molar-refractivity contribution in [1.29, 1.82) is 0 Å². The Bertz CT molecular complexity index is 656. The number of para-hydroxylation sites is 1. The summed E-state index contributed by atoms with van der Waals surface area (Å²) in [6.07, 6.45) is 0. The molecule has 0 saturated carbocycles. The first-order chi connectivity index (χ1) is 8.74. The summed E-state index contributed by atoms with van der Waals surface area (Å²) in [4.78, 5) is 10.8. The van der Waals surface area contributed by atoms with E-state index in [0.29, 0.717) is 30.5 Å². The number of rotatable bonds is 1. The van der Waals surface area contributed by atoms with Gasteiger partial charge in [-0.3, -0.25) is 0 Å². The minimum atomic E-state index is 0.190. The summed E-state index contributed by atoms with van der Waals surface area (Å²) >= 11 is 4.95. The number of anilines is 1. The zero-order valence-electron chi connectivity index (χ0n) is 9.34. The highest BCUT2D eigenvalue weighted by molar-refractivity contribution is 7.71. The molecule has 0 bridgehead atoms. The molecule has 0 aliphatic carbocycles. The molecular formula is C11H10N4O2S. The number of aromatic amines is 1. The molecule has 0 atom stereocenters. The van der Waals surface area contributed by atoms with Crippen molar-refractivity contribution in [2.45, 2.75) is 0 Å². The van der Waals surface area contributed by atoms with Gasteiger partial charge in [0.2, 0.25) is 10.7 Å². The molecule has 3 rings (SSSR count). The monoisotopic (exact) mass is 262 g/mol. The average molecular weight is 262 g/mol. The molecule has 2 aromatic rings. The SMILES string of the molecule is Nc1nc(=S)nc(-c2cccc3c2OCCO3)[nH]1. The maximum atomic E-state index is 5.63. The van der Waals surface area contributed by atoms with E-state index in [0.717, 1.165) is 5.56 Å². The Kier molecular flexibility index (Phi) is 2.60. The predicted molar refractivity (Wildman–Crippen MR) is 68.1 cm³/mol. The maximum absolute atomic E-state index is 5.63. The average Bonchev–Trinajstić information content (AvgIpc) is 2.37. The highest BCUT2D eigenvalue weighted by atomic mass is 32.1. The van der Waals surface area contributed by atoms with Crippen LogP contribution in [0.15, 0.2) is 18.2 Å². The minimum absolute atomic E-state index is 0.190. The normalized spacial score (nSPS) is 13.3. The summed E-state index contributed by atoms with van der Waals surface area (Å²) in [5, 5.41) is 0. The molecule has 0 fully saturated rings. The van der Waals surface area contributed by atoms with E-state index < -0.39 is 0 Å². The Morgan fingerprint density at radius 3 is 2.89 bits per heavy atom. The topological polar surface area (TPSA) is 86.1 Å². The number of nitrogens with zero attached hydrogens (tertiary/aromatic N) is 2. The molecule has 7 heteroatoms. The molecule has 0 unspecified atom stereocenters. The third-order valence-electron chi connectivity index (χ3n) is 2.49. The highest BCUT2D eigenvalue weighted by Crippen LogP contribution is 2.38. The second kappa shape index (κ2) is 4.26. The molecule has 6 nitrogen and oxygen atoms in total. The molecule has 0 spiro atoms. The highest BCUT2D eigenvalue weighted by Gasteiger charge is 2.18. The molecule has 1 aromatic heterocycles. The van der Waals surface area contributed by atoms with Gasteiger partial charge in [0, 0.05) is 0 Å². The van der Waals surface area contributed by atoms with Crippen LogP contribution >= 0.6 is 12.2 Å². The van der Waals surface area contributed by atoms with E-state index >= 15 is 0 Å². The van der Waals surface area contributed by atoms with Gasteiger partial charge in [-0.25, -0.2) is 4.98 Å². The number of benzene rings is 1. The summed E-state index contributed by atoms with van der Waals surface area (Å²) < 4.78 is 11.3. The number of ether oxygens (including phenoxy) is 2. The summed E-state index contributed by atoms with van der Waals surface area (Å²) in [5.41, 5.74) is 6.38. The first-order valence-electron chi connectivity index (χ1n) is 5.37. The van der Waals surface area contributed by atoms with Gasteiger partial charge in [0.1, 0.15) is 19.0 Å². The van der Waals surface area contributed by atoms with Crippen LogP contribution < -0.4 is 15.2 Å².